The SMILES string of the molecule is C1=C(c2cccc3ccccc23)CCC(c2c3ccccc3c(-c3cccc4c3sc3ccccc34)c3ccccc23)=C1. The quantitative estimate of drug-likeness (QED) is 0.187. The number of rotatable bonds is 3. The fraction of sp³-hybridized carbons (Fsp3) is 0.0476. The van der Waals surface area contributed by atoms with E-state index < -0.39 is 0 Å². The van der Waals surface area contributed by atoms with E-state index in [9.17, 15) is 0 Å². The highest BCUT2D eigenvalue weighted by molar-refractivity contribution is 7.26. The Labute approximate surface area is 254 Å². The number of benzene rings is 7. The largest absolute Gasteiger partial charge is 0.135 e. The van der Waals surface area contributed by atoms with Crippen LogP contribution in [0.25, 0.3) is 74.8 Å². The second-order valence-corrected chi connectivity index (χ2v) is 12.6. The van der Waals surface area contributed by atoms with Crippen LogP contribution in [0.4, 0.5) is 0 Å². The molecule has 0 saturated heterocycles. The maximum absolute atomic E-state index is 2.39. The van der Waals surface area contributed by atoms with Crippen molar-refractivity contribution < 1.29 is 0 Å². The molecule has 0 saturated carbocycles. The van der Waals surface area contributed by atoms with Crippen LogP contribution >= 0.6 is 11.3 Å². The molecule has 9 rings (SSSR count). The zero-order chi connectivity index (χ0) is 28.3. The normalized spacial score (nSPS) is 13.7. The zero-order valence-corrected chi connectivity index (χ0v) is 24.5. The summed E-state index contributed by atoms with van der Waals surface area (Å²) in [5.74, 6) is 0. The number of hydrogen-bond donors (Lipinski definition) is 0. The van der Waals surface area contributed by atoms with E-state index in [2.05, 4.69) is 146 Å². The smallest absolute Gasteiger partial charge is 0.0434 e. The van der Waals surface area contributed by atoms with Crippen molar-refractivity contribution >= 4 is 75.0 Å². The van der Waals surface area contributed by atoms with Crippen molar-refractivity contribution in [3.05, 3.63) is 157 Å². The topological polar surface area (TPSA) is 0 Å². The lowest BCUT2D eigenvalue weighted by Crippen LogP contribution is -1.98. The van der Waals surface area contributed by atoms with Crippen LogP contribution in [0.15, 0.2) is 146 Å². The van der Waals surface area contributed by atoms with E-state index >= 15 is 0 Å². The summed E-state index contributed by atoms with van der Waals surface area (Å²) in [6.45, 7) is 0. The molecule has 0 nitrogen and oxygen atoms in total. The van der Waals surface area contributed by atoms with Crippen molar-refractivity contribution in [2.45, 2.75) is 12.8 Å². The Hall–Kier alpha value is -4.98. The molecule has 0 N–H and O–H groups in total. The van der Waals surface area contributed by atoms with Crippen LogP contribution in [0.3, 0.4) is 0 Å². The van der Waals surface area contributed by atoms with Gasteiger partial charge in [0.2, 0.25) is 0 Å². The van der Waals surface area contributed by atoms with Crippen molar-refractivity contribution in [1.29, 1.82) is 0 Å². The van der Waals surface area contributed by atoms with E-state index in [4.69, 9.17) is 0 Å². The van der Waals surface area contributed by atoms with Gasteiger partial charge >= 0.3 is 0 Å². The lowest BCUT2D eigenvalue weighted by molar-refractivity contribution is 1.08. The molecule has 0 atom stereocenters. The third-order valence-electron chi connectivity index (χ3n) is 9.21. The van der Waals surface area contributed by atoms with Crippen LogP contribution in [0.5, 0.6) is 0 Å². The Kier molecular flexibility index (Phi) is 5.61. The fourth-order valence-electron chi connectivity index (χ4n) is 7.28. The highest BCUT2D eigenvalue weighted by Crippen LogP contribution is 2.48. The van der Waals surface area contributed by atoms with E-state index in [-0.39, 0.29) is 0 Å². The van der Waals surface area contributed by atoms with Crippen LogP contribution in [0.2, 0.25) is 0 Å². The predicted octanol–water partition coefficient (Wildman–Crippen LogP) is 12.4. The van der Waals surface area contributed by atoms with Crippen LogP contribution in [0, 0.1) is 0 Å². The maximum atomic E-state index is 2.39. The molecular formula is C42H28S. The molecule has 1 heteroatoms. The molecular weight excluding hydrogens is 537 g/mol. The zero-order valence-electron chi connectivity index (χ0n) is 23.7. The minimum Gasteiger partial charge on any atom is -0.135 e. The molecule has 0 radical (unpaired) electrons. The van der Waals surface area contributed by atoms with Crippen molar-refractivity contribution in [3.63, 3.8) is 0 Å². The van der Waals surface area contributed by atoms with Crippen molar-refractivity contribution in [2.75, 3.05) is 0 Å². The summed E-state index contributed by atoms with van der Waals surface area (Å²) in [6, 6.07) is 49.2. The third-order valence-corrected chi connectivity index (χ3v) is 10.4. The summed E-state index contributed by atoms with van der Waals surface area (Å²) in [7, 11) is 0. The number of thiophene rings is 1. The lowest BCUT2D eigenvalue weighted by atomic mass is 9.82. The van der Waals surface area contributed by atoms with Crippen LogP contribution in [-0.4, -0.2) is 0 Å². The third kappa shape index (κ3) is 3.82. The first-order valence-electron chi connectivity index (χ1n) is 15.1. The standard InChI is InChI=1S/C42H28S/c1-2-13-30-27(11-1)12-9-19-31(30)28-23-25-29(26-24-28)40-33-15-3-5-17-35(33)41(36-18-6-4-16-34(36)40)38-21-10-20-37-32-14-7-8-22-39(32)43-42(37)38/h1-23,25H,24,26H2. The van der Waals surface area contributed by atoms with E-state index in [0.29, 0.717) is 0 Å². The molecule has 1 aliphatic rings. The number of allylic oxidation sites excluding steroid dienone is 4. The number of hydrogen-bond acceptors (Lipinski definition) is 1. The highest BCUT2D eigenvalue weighted by atomic mass is 32.1. The molecule has 202 valence electrons. The van der Waals surface area contributed by atoms with Gasteiger partial charge < -0.3 is 0 Å². The van der Waals surface area contributed by atoms with E-state index in [1.165, 1.54) is 85.9 Å². The lowest BCUT2D eigenvalue weighted by Gasteiger charge is -2.22. The minimum absolute atomic E-state index is 1.02. The van der Waals surface area contributed by atoms with Crippen LogP contribution in [0.1, 0.15) is 24.0 Å². The minimum atomic E-state index is 1.02. The molecule has 1 heterocycles. The second-order valence-electron chi connectivity index (χ2n) is 11.5. The molecule has 7 aromatic carbocycles. The monoisotopic (exact) mass is 564 g/mol. The predicted molar refractivity (Wildman–Crippen MR) is 189 cm³/mol. The van der Waals surface area contributed by atoms with Crippen LogP contribution < -0.4 is 0 Å². The molecule has 0 unspecified atom stereocenters. The maximum Gasteiger partial charge on any atom is 0.0434 e. The Balaban J connectivity index is 1.29. The van der Waals surface area contributed by atoms with Gasteiger partial charge in [-0.15, -0.1) is 11.3 Å². The average Bonchev–Trinajstić information content (AvgIpc) is 3.46. The molecule has 43 heavy (non-hydrogen) atoms. The van der Waals surface area contributed by atoms with Crippen molar-refractivity contribution in [2.24, 2.45) is 0 Å². The summed E-state index contributed by atoms with van der Waals surface area (Å²) in [4.78, 5) is 0. The first-order chi connectivity index (χ1) is 21.3. The van der Waals surface area contributed by atoms with Gasteiger partial charge in [0, 0.05) is 25.7 Å². The van der Waals surface area contributed by atoms with Gasteiger partial charge in [-0.25, -0.2) is 0 Å². The Morgan fingerprint density at radius 3 is 1.60 bits per heavy atom. The van der Waals surface area contributed by atoms with Gasteiger partial charge in [0.05, 0.1) is 0 Å². The first kappa shape index (κ1) is 24.6. The molecule has 8 aromatic rings. The van der Waals surface area contributed by atoms with Crippen molar-refractivity contribution in [3.8, 4) is 11.1 Å². The van der Waals surface area contributed by atoms with Gasteiger partial charge in [-0.3, -0.25) is 0 Å². The van der Waals surface area contributed by atoms with E-state index in [1.54, 1.807) is 0 Å². The molecule has 0 spiro atoms. The van der Waals surface area contributed by atoms with Gasteiger partial charge in [-0.2, -0.15) is 0 Å². The van der Waals surface area contributed by atoms with E-state index in [1.807, 2.05) is 11.3 Å². The van der Waals surface area contributed by atoms with E-state index in [0.717, 1.165) is 12.8 Å². The van der Waals surface area contributed by atoms with Gasteiger partial charge in [-0.05, 0) is 79.1 Å². The van der Waals surface area contributed by atoms with Gasteiger partial charge in [0.25, 0.3) is 0 Å². The Bertz CT molecular complexity index is 2390. The first-order valence-corrected chi connectivity index (χ1v) is 15.9. The van der Waals surface area contributed by atoms with Crippen molar-refractivity contribution in [1.82, 2.24) is 0 Å². The van der Waals surface area contributed by atoms with Gasteiger partial charge in [0.15, 0.2) is 0 Å². The summed E-state index contributed by atoms with van der Waals surface area (Å²) < 4.78 is 2.71. The highest BCUT2D eigenvalue weighted by Gasteiger charge is 2.21. The molecule has 0 amide bonds. The molecule has 1 aliphatic carbocycles. The molecule has 0 aliphatic heterocycles. The fourth-order valence-corrected chi connectivity index (χ4v) is 8.51. The summed E-state index contributed by atoms with van der Waals surface area (Å²) in [5, 5.41) is 10.6. The Morgan fingerprint density at radius 1 is 0.372 bits per heavy atom. The average molecular weight is 565 g/mol. The Morgan fingerprint density at radius 2 is 0.884 bits per heavy atom. The summed E-state index contributed by atoms with van der Waals surface area (Å²) in [6.07, 6.45) is 6.82. The summed E-state index contributed by atoms with van der Waals surface area (Å²) >= 11 is 1.91. The van der Waals surface area contributed by atoms with Gasteiger partial charge in [-0.1, -0.05) is 140 Å². The molecule has 0 fully saturated rings. The van der Waals surface area contributed by atoms with Gasteiger partial charge in [0.1, 0.15) is 0 Å². The van der Waals surface area contributed by atoms with Crippen LogP contribution in [-0.2, 0) is 0 Å². The second kappa shape index (κ2) is 9.80. The summed E-state index contributed by atoms with van der Waals surface area (Å²) in [5.41, 5.74) is 8.25. The number of fused-ring (bicyclic) bond motifs is 6. The molecule has 1 aromatic heterocycles. The molecule has 0 bridgehead atoms.